The van der Waals surface area contributed by atoms with E-state index in [0.29, 0.717) is 23.1 Å². The molecule has 122 valence electrons. The van der Waals surface area contributed by atoms with Crippen LogP contribution < -0.4 is 14.8 Å². The molecule has 1 heterocycles. The van der Waals surface area contributed by atoms with Crippen molar-refractivity contribution in [2.75, 3.05) is 20.2 Å². The third-order valence-electron chi connectivity index (χ3n) is 4.07. The van der Waals surface area contributed by atoms with Crippen LogP contribution in [0.5, 0.6) is 11.5 Å². The summed E-state index contributed by atoms with van der Waals surface area (Å²) in [7, 11) is 1.59. The quantitative estimate of drug-likeness (QED) is 0.927. The maximum absolute atomic E-state index is 12.8. The third kappa shape index (κ3) is 3.53. The molecule has 5 nitrogen and oxygen atoms in total. The van der Waals surface area contributed by atoms with Gasteiger partial charge in [-0.2, -0.15) is 0 Å². The van der Waals surface area contributed by atoms with E-state index in [1.807, 2.05) is 30.9 Å². The van der Waals surface area contributed by atoms with E-state index in [1.54, 1.807) is 13.2 Å². The van der Waals surface area contributed by atoms with Gasteiger partial charge in [0, 0.05) is 30.7 Å². The second-order valence-corrected chi connectivity index (χ2v) is 6.01. The Morgan fingerprint density at radius 3 is 2.68 bits per heavy atom. The summed E-state index contributed by atoms with van der Waals surface area (Å²) >= 11 is 0. The minimum atomic E-state index is 0.0373. The van der Waals surface area contributed by atoms with Crippen LogP contribution >= 0.6 is 0 Å². The summed E-state index contributed by atoms with van der Waals surface area (Å²) in [6.07, 6.45) is 0.0597. The van der Waals surface area contributed by atoms with Crippen molar-refractivity contribution in [2.24, 2.45) is 0 Å². The van der Waals surface area contributed by atoms with Crippen molar-refractivity contribution in [1.29, 1.82) is 0 Å². The maximum atomic E-state index is 12.8. The molecule has 5 heteroatoms. The molecule has 2 atom stereocenters. The van der Waals surface area contributed by atoms with Crippen LogP contribution in [-0.4, -0.2) is 49.2 Å². The van der Waals surface area contributed by atoms with Crippen molar-refractivity contribution < 1.29 is 14.3 Å². The number of carbonyl (C=O) groups is 1. The molecule has 0 bridgehead atoms. The normalized spacial score (nSPS) is 21.8. The lowest BCUT2D eigenvalue weighted by Gasteiger charge is -2.38. The van der Waals surface area contributed by atoms with Gasteiger partial charge in [-0.3, -0.25) is 4.79 Å². The summed E-state index contributed by atoms with van der Waals surface area (Å²) in [4.78, 5) is 14.7. The third-order valence-corrected chi connectivity index (χ3v) is 4.07. The number of carbonyl (C=O) groups excluding carboxylic acids is 1. The summed E-state index contributed by atoms with van der Waals surface area (Å²) in [5, 5.41) is 3.38. The highest BCUT2D eigenvalue weighted by molar-refractivity contribution is 5.95. The molecule has 1 N–H and O–H groups in total. The second-order valence-electron chi connectivity index (χ2n) is 6.01. The largest absolute Gasteiger partial charge is 0.493 e. The van der Waals surface area contributed by atoms with Gasteiger partial charge in [-0.15, -0.1) is 0 Å². The van der Waals surface area contributed by atoms with Crippen molar-refractivity contribution in [1.82, 2.24) is 10.2 Å². The fraction of sp³-hybridized carbons (Fsp3) is 0.588. The van der Waals surface area contributed by atoms with Gasteiger partial charge >= 0.3 is 0 Å². The molecular weight excluding hydrogens is 280 g/mol. The van der Waals surface area contributed by atoms with E-state index in [0.717, 1.165) is 13.1 Å². The number of hydrogen-bond donors (Lipinski definition) is 1. The van der Waals surface area contributed by atoms with Gasteiger partial charge in [-0.1, -0.05) is 0 Å². The Morgan fingerprint density at radius 1 is 1.32 bits per heavy atom. The Balaban J connectivity index is 2.22. The first-order valence-corrected chi connectivity index (χ1v) is 7.83. The molecule has 0 radical (unpaired) electrons. The summed E-state index contributed by atoms with van der Waals surface area (Å²) in [5.74, 6) is 1.29. The Bertz CT molecular complexity index is 531. The first kappa shape index (κ1) is 16.6. The summed E-state index contributed by atoms with van der Waals surface area (Å²) in [6, 6.07) is 5.84. The lowest BCUT2D eigenvalue weighted by atomic mass is 10.0. The smallest absolute Gasteiger partial charge is 0.254 e. The van der Waals surface area contributed by atoms with Gasteiger partial charge in [0.05, 0.1) is 13.2 Å². The molecule has 1 amide bonds. The zero-order valence-corrected chi connectivity index (χ0v) is 14.1. The minimum absolute atomic E-state index is 0.0373. The monoisotopic (exact) mass is 306 g/mol. The standard InChI is InChI=1S/C17H26N2O3/c1-11(2)22-15-7-6-14(10-16(15)21-5)17(20)19-9-8-18-12(3)13(19)4/h6-7,10-13,18H,8-9H2,1-5H3. The number of amides is 1. The van der Waals surface area contributed by atoms with Crippen LogP contribution in [0, 0.1) is 0 Å². The fourth-order valence-corrected chi connectivity index (χ4v) is 2.66. The molecule has 22 heavy (non-hydrogen) atoms. The molecule has 2 rings (SSSR count). The van der Waals surface area contributed by atoms with E-state index in [-0.39, 0.29) is 18.1 Å². The first-order chi connectivity index (χ1) is 10.4. The molecule has 1 aromatic carbocycles. The maximum Gasteiger partial charge on any atom is 0.254 e. The predicted molar refractivity (Wildman–Crippen MR) is 86.7 cm³/mol. The van der Waals surface area contributed by atoms with Crippen molar-refractivity contribution in [3.63, 3.8) is 0 Å². The Kier molecular flexibility index (Phi) is 5.29. The van der Waals surface area contributed by atoms with Crippen LogP contribution in [0.2, 0.25) is 0 Å². The van der Waals surface area contributed by atoms with Crippen LogP contribution in [0.3, 0.4) is 0 Å². The van der Waals surface area contributed by atoms with Gasteiger partial charge in [-0.25, -0.2) is 0 Å². The van der Waals surface area contributed by atoms with Gasteiger partial charge in [0.1, 0.15) is 0 Å². The number of methoxy groups -OCH3 is 1. The fourth-order valence-electron chi connectivity index (χ4n) is 2.66. The predicted octanol–water partition coefficient (Wildman–Crippen LogP) is 2.30. The summed E-state index contributed by atoms with van der Waals surface area (Å²) in [5.41, 5.74) is 0.633. The number of ether oxygens (including phenoxy) is 2. The van der Waals surface area contributed by atoms with Gasteiger partial charge in [0.2, 0.25) is 0 Å². The second kappa shape index (κ2) is 7.01. The lowest BCUT2D eigenvalue weighted by Crippen LogP contribution is -2.57. The average Bonchev–Trinajstić information content (AvgIpc) is 2.49. The molecule has 0 saturated carbocycles. The number of nitrogens with one attached hydrogen (secondary N) is 1. The van der Waals surface area contributed by atoms with Gasteiger partial charge < -0.3 is 19.7 Å². The Labute approximate surface area is 132 Å². The van der Waals surface area contributed by atoms with E-state index in [2.05, 4.69) is 19.2 Å². The summed E-state index contributed by atoms with van der Waals surface area (Å²) < 4.78 is 11.1. The molecule has 1 fully saturated rings. The van der Waals surface area contributed by atoms with Crippen molar-refractivity contribution in [3.8, 4) is 11.5 Å². The lowest BCUT2D eigenvalue weighted by molar-refractivity contribution is 0.0602. The molecule has 2 unspecified atom stereocenters. The molecule has 0 aromatic heterocycles. The Hall–Kier alpha value is -1.75. The number of rotatable bonds is 4. The van der Waals surface area contributed by atoms with Crippen LogP contribution in [0.4, 0.5) is 0 Å². The van der Waals surface area contributed by atoms with E-state index >= 15 is 0 Å². The molecule has 1 saturated heterocycles. The number of piperazine rings is 1. The molecule has 0 aliphatic carbocycles. The van der Waals surface area contributed by atoms with Gasteiger partial charge in [0.25, 0.3) is 5.91 Å². The van der Waals surface area contributed by atoms with Gasteiger partial charge in [-0.05, 0) is 45.9 Å². The van der Waals surface area contributed by atoms with E-state index in [4.69, 9.17) is 9.47 Å². The molecule has 1 aromatic rings. The van der Waals surface area contributed by atoms with Crippen LogP contribution in [0.1, 0.15) is 38.1 Å². The molecule has 1 aliphatic rings. The molecule has 0 spiro atoms. The van der Waals surface area contributed by atoms with Crippen molar-refractivity contribution in [2.45, 2.75) is 45.9 Å². The van der Waals surface area contributed by atoms with Crippen molar-refractivity contribution in [3.05, 3.63) is 23.8 Å². The number of hydrogen-bond acceptors (Lipinski definition) is 4. The topological polar surface area (TPSA) is 50.8 Å². The van der Waals surface area contributed by atoms with Crippen molar-refractivity contribution >= 4 is 5.91 Å². The summed E-state index contributed by atoms with van der Waals surface area (Å²) in [6.45, 7) is 9.64. The zero-order valence-electron chi connectivity index (χ0n) is 14.1. The number of benzene rings is 1. The van der Waals surface area contributed by atoms with E-state index in [9.17, 15) is 4.79 Å². The van der Waals surface area contributed by atoms with E-state index in [1.165, 1.54) is 0 Å². The molecular formula is C17H26N2O3. The van der Waals surface area contributed by atoms with Crippen LogP contribution in [0.15, 0.2) is 18.2 Å². The zero-order chi connectivity index (χ0) is 16.3. The van der Waals surface area contributed by atoms with Crippen LogP contribution in [-0.2, 0) is 0 Å². The number of nitrogens with zero attached hydrogens (tertiary/aromatic N) is 1. The highest BCUT2D eigenvalue weighted by atomic mass is 16.5. The average molecular weight is 306 g/mol. The van der Waals surface area contributed by atoms with Gasteiger partial charge in [0.15, 0.2) is 11.5 Å². The SMILES string of the molecule is COc1cc(C(=O)N2CCNC(C)C2C)ccc1OC(C)C. The van der Waals surface area contributed by atoms with Crippen LogP contribution in [0.25, 0.3) is 0 Å². The minimum Gasteiger partial charge on any atom is -0.493 e. The highest BCUT2D eigenvalue weighted by Crippen LogP contribution is 2.29. The highest BCUT2D eigenvalue weighted by Gasteiger charge is 2.29. The first-order valence-electron chi connectivity index (χ1n) is 7.83. The van der Waals surface area contributed by atoms with E-state index < -0.39 is 0 Å². The Morgan fingerprint density at radius 2 is 2.05 bits per heavy atom. The molecule has 1 aliphatic heterocycles.